The van der Waals surface area contributed by atoms with Gasteiger partial charge in [-0.05, 0) is 30.0 Å². The number of hydrogen-bond donors (Lipinski definition) is 1. The first kappa shape index (κ1) is 14.6. The zero-order valence-corrected chi connectivity index (χ0v) is 12.5. The molecule has 20 heavy (non-hydrogen) atoms. The fourth-order valence-corrected chi connectivity index (χ4v) is 2.09. The molecule has 0 fully saturated rings. The molecule has 108 valence electrons. The van der Waals surface area contributed by atoms with E-state index in [9.17, 15) is 0 Å². The molecule has 0 atom stereocenters. The van der Waals surface area contributed by atoms with Crippen LogP contribution in [-0.4, -0.2) is 29.8 Å². The Labute approximate surface area is 120 Å². The predicted molar refractivity (Wildman–Crippen MR) is 82.6 cm³/mol. The Morgan fingerprint density at radius 1 is 1.35 bits per heavy atom. The van der Waals surface area contributed by atoms with Gasteiger partial charge in [0.15, 0.2) is 0 Å². The van der Waals surface area contributed by atoms with Crippen LogP contribution in [0.5, 0.6) is 0 Å². The average molecular weight is 273 g/mol. The number of aromatic nitrogens is 2. The van der Waals surface area contributed by atoms with Crippen LogP contribution in [0.25, 0.3) is 5.69 Å². The third kappa shape index (κ3) is 3.61. The molecular weight excluding hydrogens is 250 g/mol. The number of methoxy groups -OCH3 is 1. The van der Waals surface area contributed by atoms with E-state index in [1.54, 1.807) is 7.11 Å². The van der Waals surface area contributed by atoms with Gasteiger partial charge in [-0.1, -0.05) is 26.0 Å². The molecule has 4 nitrogen and oxygen atoms in total. The van der Waals surface area contributed by atoms with Gasteiger partial charge >= 0.3 is 0 Å². The second-order valence-corrected chi connectivity index (χ2v) is 5.14. The third-order valence-corrected chi connectivity index (χ3v) is 3.26. The van der Waals surface area contributed by atoms with Crippen molar-refractivity contribution in [1.82, 2.24) is 9.55 Å². The summed E-state index contributed by atoms with van der Waals surface area (Å²) in [5.74, 6) is 1.40. The van der Waals surface area contributed by atoms with Crippen LogP contribution in [0.3, 0.4) is 0 Å². The fraction of sp³-hybridized carbons (Fsp3) is 0.438. The van der Waals surface area contributed by atoms with Crippen LogP contribution in [-0.2, 0) is 4.74 Å². The Balaban J connectivity index is 2.12. The molecule has 0 radical (unpaired) electrons. The molecule has 0 saturated carbocycles. The number of imidazole rings is 1. The van der Waals surface area contributed by atoms with Gasteiger partial charge in [-0.2, -0.15) is 0 Å². The maximum Gasteiger partial charge on any atom is 0.207 e. The van der Waals surface area contributed by atoms with Gasteiger partial charge in [0.1, 0.15) is 0 Å². The second kappa shape index (κ2) is 7.10. The van der Waals surface area contributed by atoms with Crippen molar-refractivity contribution in [2.45, 2.75) is 26.2 Å². The number of nitrogens with one attached hydrogen (secondary N) is 1. The summed E-state index contributed by atoms with van der Waals surface area (Å²) in [6, 6.07) is 8.58. The zero-order valence-electron chi connectivity index (χ0n) is 12.5. The molecule has 1 N–H and O–H groups in total. The summed E-state index contributed by atoms with van der Waals surface area (Å²) in [5.41, 5.74) is 2.48. The summed E-state index contributed by atoms with van der Waals surface area (Å²) >= 11 is 0. The summed E-state index contributed by atoms with van der Waals surface area (Å²) in [5, 5.41) is 3.35. The molecule has 2 rings (SSSR count). The first-order valence-electron chi connectivity index (χ1n) is 7.09. The molecule has 0 saturated heterocycles. The van der Waals surface area contributed by atoms with Gasteiger partial charge in [0.05, 0.1) is 0 Å². The highest BCUT2D eigenvalue weighted by atomic mass is 16.5. The number of anilines is 1. The lowest BCUT2D eigenvalue weighted by atomic mass is 10.0. The van der Waals surface area contributed by atoms with Crippen molar-refractivity contribution in [3.05, 3.63) is 42.2 Å². The molecule has 0 bridgehead atoms. The van der Waals surface area contributed by atoms with Crippen LogP contribution in [0.4, 0.5) is 5.95 Å². The van der Waals surface area contributed by atoms with E-state index in [2.05, 4.69) is 53.0 Å². The highest BCUT2D eigenvalue weighted by Gasteiger charge is 2.06. The van der Waals surface area contributed by atoms with Crippen molar-refractivity contribution >= 4 is 5.95 Å². The van der Waals surface area contributed by atoms with E-state index in [0.717, 1.165) is 31.2 Å². The van der Waals surface area contributed by atoms with Gasteiger partial charge in [0, 0.05) is 38.3 Å². The molecule has 0 aliphatic rings. The molecule has 1 aromatic carbocycles. The minimum atomic E-state index is 0.525. The van der Waals surface area contributed by atoms with Crippen molar-refractivity contribution in [2.75, 3.05) is 25.6 Å². The molecule has 0 spiro atoms. The standard InChI is InChI=1S/C16H23N3O/c1-13(2)14-6-4-7-15(12-14)19-10-9-18-16(19)17-8-5-11-20-3/h4,6-7,9-10,12-13H,5,8,11H2,1-3H3,(H,17,18). The summed E-state index contributed by atoms with van der Waals surface area (Å²) in [6.07, 6.45) is 4.77. The molecular formula is C16H23N3O. The largest absolute Gasteiger partial charge is 0.385 e. The summed E-state index contributed by atoms with van der Waals surface area (Å²) in [7, 11) is 1.72. The molecule has 1 aromatic heterocycles. The lowest BCUT2D eigenvalue weighted by molar-refractivity contribution is 0.197. The molecule has 0 aliphatic heterocycles. The molecule has 0 aliphatic carbocycles. The minimum Gasteiger partial charge on any atom is -0.385 e. The van der Waals surface area contributed by atoms with E-state index in [1.807, 2.05) is 12.4 Å². The Kier molecular flexibility index (Phi) is 5.18. The summed E-state index contributed by atoms with van der Waals surface area (Å²) in [6.45, 7) is 6.03. The molecule has 2 aromatic rings. The van der Waals surface area contributed by atoms with Crippen LogP contribution in [0.1, 0.15) is 31.7 Å². The van der Waals surface area contributed by atoms with E-state index in [1.165, 1.54) is 5.56 Å². The quantitative estimate of drug-likeness (QED) is 0.785. The maximum atomic E-state index is 5.05. The number of benzene rings is 1. The number of hydrogen-bond acceptors (Lipinski definition) is 3. The molecule has 4 heteroatoms. The number of nitrogens with zero attached hydrogens (tertiary/aromatic N) is 2. The fourth-order valence-electron chi connectivity index (χ4n) is 2.09. The lowest BCUT2D eigenvalue weighted by Crippen LogP contribution is -2.09. The monoisotopic (exact) mass is 273 g/mol. The van der Waals surface area contributed by atoms with Gasteiger partial charge in [-0.15, -0.1) is 0 Å². The SMILES string of the molecule is COCCCNc1nccn1-c1cccc(C(C)C)c1. The van der Waals surface area contributed by atoms with Crippen LogP contribution in [0.15, 0.2) is 36.7 Å². The van der Waals surface area contributed by atoms with Gasteiger partial charge in [-0.3, -0.25) is 4.57 Å². The minimum absolute atomic E-state index is 0.525. The Bertz CT molecular complexity index is 534. The predicted octanol–water partition coefficient (Wildman–Crippen LogP) is 3.44. The van der Waals surface area contributed by atoms with Crippen LogP contribution < -0.4 is 5.32 Å². The normalized spacial score (nSPS) is 11.0. The van der Waals surface area contributed by atoms with Crippen molar-refractivity contribution in [3.8, 4) is 5.69 Å². The average Bonchev–Trinajstić information content (AvgIpc) is 2.92. The summed E-state index contributed by atoms with van der Waals surface area (Å²) in [4.78, 5) is 4.38. The number of rotatable bonds is 7. The van der Waals surface area contributed by atoms with Gasteiger partial charge in [-0.25, -0.2) is 4.98 Å². The van der Waals surface area contributed by atoms with E-state index in [0.29, 0.717) is 5.92 Å². The van der Waals surface area contributed by atoms with E-state index in [-0.39, 0.29) is 0 Å². The highest BCUT2D eigenvalue weighted by molar-refractivity contribution is 5.44. The van der Waals surface area contributed by atoms with Crippen molar-refractivity contribution in [2.24, 2.45) is 0 Å². The molecule has 0 amide bonds. The Morgan fingerprint density at radius 3 is 2.95 bits per heavy atom. The van der Waals surface area contributed by atoms with Crippen molar-refractivity contribution < 1.29 is 4.74 Å². The topological polar surface area (TPSA) is 39.1 Å². The van der Waals surface area contributed by atoms with E-state index >= 15 is 0 Å². The van der Waals surface area contributed by atoms with Gasteiger partial charge < -0.3 is 10.1 Å². The highest BCUT2D eigenvalue weighted by Crippen LogP contribution is 2.20. The third-order valence-electron chi connectivity index (χ3n) is 3.26. The maximum absolute atomic E-state index is 5.05. The smallest absolute Gasteiger partial charge is 0.207 e. The second-order valence-electron chi connectivity index (χ2n) is 5.14. The first-order chi connectivity index (χ1) is 9.72. The van der Waals surface area contributed by atoms with Crippen LogP contribution >= 0.6 is 0 Å². The number of ether oxygens (including phenoxy) is 1. The van der Waals surface area contributed by atoms with Gasteiger partial charge in [0.2, 0.25) is 5.95 Å². The zero-order chi connectivity index (χ0) is 14.4. The first-order valence-corrected chi connectivity index (χ1v) is 7.09. The van der Waals surface area contributed by atoms with Crippen LogP contribution in [0.2, 0.25) is 0 Å². The van der Waals surface area contributed by atoms with Crippen molar-refractivity contribution in [1.29, 1.82) is 0 Å². The van der Waals surface area contributed by atoms with E-state index < -0.39 is 0 Å². The van der Waals surface area contributed by atoms with Gasteiger partial charge in [0.25, 0.3) is 0 Å². The lowest BCUT2D eigenvalue weighted by Gasteiger charge is -2.12. The molecule has 0 unspecified atom stereocenters. The Morgan fingerprint density at radius 2 is 2.20 bits per heavy atom. The summed E-state index contributed by atoms with van der Waals surface area (Å²) < 4.78 is 7.13. The van der Waals surface area contributed by atoms with Crippen LogP contribution in [0, 0.1) is 0 Å². The van der Waals surface area contributed by atoms with E-state index in [4.69, 9.17) is 4.74 Å². The molecule has 1 heterocycles. The Hall–Kier alpha value is -1.81. The van der Waals surface area contributed by atoms with Crippen molar-refractivity contribution in [3.63, 3.8) is 0 Å².